The summed E-state index contributed by atoms with van der Waals surface area (Å²) in [5.74, 6) is 1.81. The molecular formula is C15H23BrIN3. The number of halogens is 2. The second-order valence-electron chi connectivity index (χ2n) is 5.06. The maximum atomic E-state index is 4.23. The Kier molecular flexibility index (Phi) is 8.52. The number of nitrogens with zero attached hydrogens (tertiary/aromatic N) is 1. The van der Waals surface area contributed by atoms with Crippen molar-refractivity contribution in [3.8, 4) is 0 Å². The third-order valence-corrected chi connectivity index (χ3v) is 3.80. The molecule has 0 aromatic heterocycles. The molecule has 0 unspecified atom stereocenters. The lowest BCUT2D eigenvalue weighted by Gasteiger charge is -2.11. The standard InChI is InChI=1S/C15H22BrN3.HI/c1-17-15(19-11-13-7-8-13)18-9-3-5-12-4-2-6-14(16)10-12;/h2,4,6,10,13H,3,5,7-9,11H2,1H3,(H2,17,18,19);1H. The zero-order chi connectivity index (χ0) is 13.5. The van der Waals surface area contributed by atoms with Gasteiger partial charge in [0.25, 0.3) is 0 Å². The van der Waals surface area contributed by atoms with Crippen molar-refractivity contribution >= 4 is 45.9 Å². The summed E-state index contributed by atoms with van der Waals surface area (Å²) in [4.78, 5) is 4.23. The molecule has 112 valence electrons. The molecule has 0 atom stereocenters. The van der Waals surface area contributed by atoms with Gasteiger partial charge in [-0.2, -0.15) is 0 Å². The number of guanidine groups is 1. The van der Waals surface area contributed by atoms with Crippen LogP contribution in [0.5, 0.6) is 0 Å². The quantitative estimate of drug-likeness (QED) is 0.300. The fraction of sp³-hybridized carbons (Fsp3) is 0.533. The van der Waals surface area contributed by atoms with Crippen molar-refractivity contribution in [2.24, 2.45) is 10.9 Å². The molecule has 1 aromatic rings. The van der Waals surface area contributed by atoms with Gasteiger partial charge in [-0.05, 0) is 49.3 Å². The molecule has 0 aliphatic heterocycles. The molecule has 1 fully saturated rings. The van der Waals surface area contributed by atoms with E-state index in [1.165, 1.54) is 18.4 Å². The average Bonchev–Trinajstić information content (AvgIpc) is 3.22. The van der Waals surface area contributed by atoms with E-state index in [1.807, 2.05) is 7.05 Å². The van der Waals surface area contributed by atoms with Crippen molar-refractivity contribution in [3.63, 3.8) is 0 Å². The fourth-order valence-electron chi connectivity index (χ4n) is 1.98. The van der Waals surface area contributed by atoms with Crippen LogP contribution in [0.2, 0.25) is 0 Å². The molecule has 3 nitrogen and oxygen atoms in total. The van der Waals surface area contributed by atoms with Gasteiger partial charge in [0.1, 0.15) is 0 Å². The monoisotopic (exact) mass is 451 g/mol. The second kappa shape index (κ2) is 9.60. The lowest BCUT2D eigenvalue weighted by atomic mass is 10.1. The van der Waals surface area contributed by atoms with Crippen molar-refractivity contribution in [1.82, 2.24) is 10.6 Å². The Morgan fingerprint density at radius 3 is 2.80 bits per heavy atom. The molecule has 0 radical (unpaired) electrons. The molecule has 1 aromatic carbocycles. The Balaban J connectivity index is 0.00000200. The molecule has 1 saturated carbocycles. The summed E-state index contributed by atoms with van der Waals surface area (Å²) >= 11 is 3.50. The van der Waals surface area contributed by atoms with Crippen molar-refractivity contribution in [2.45, 2.75) is 25.7 Å². The number of hydrogen-bond acceptors (Lipinski definition) is 1. The third kappa shape index (κ3) is 6.92. The first kappa shape index (κ1) is 17.8. The van der Waals surface area contributed by atoms with E-state index in [4.69, 9.17) is 0 Å². The Morgan fingerprint density at radius 1 is 1.35 bits per heavy atom. The van der Waals surface area contributed by atoms with Crippen LogP contribution < -0.4 is 10.6 Å². The molecule has 2 N–H and O–H groups in total. The molecule has 0 amide bonds. The molecule has 0 spiro atoms. The normalized spacial score (nSPS) is 14.6. The van der Waals surface area contributed by atoms with E-state index >= 15 is 0 Å². The number of aryl methyl sites for hydroxylation is 1. The van der Waals surface area contributed by atoms with E-state index in [-0.39, 0.29) is 24.0 Å². The average molecular weight is 452 g/mol. The summed E-state index contributed by atoms with van der Waals surface area (Å²) in [6.45, 7) is 2.02. The van der Waals surface area contributed by atoms with E-state index in [1.54, 1.807) is 0 Å². The van der Waals surface area contributed by atoms with Gasteiger partial charge in [-0.3, -0.25) is 4.99 Å². The first-order chi connectivity index (χ1) is 9.28. The number of rotatable bonds is 6. The lowest BCUT2D eigenvalue weighted by molar-refractivity contribution is 0.714. The lowest BCUT2D eigenvalue weighted by Crippen LogP contribution is -2.38. The van der Waals surface area contributed by atoms with E-state index in [0.717, 1.165) is 42.3 Å². The van der Waals surface area contributed by atoms with Crippen molar-refractivity contribution in [2.75, 3.05) is 20.1 Å². The van der Waals surface area contributed by atoms with Crippen LogP contribution in [0.15, 0.2) is 33.7 Å². The summed E-state index contributed by atoms with van der Waals surface area (Å²) in [6.07, 6.45) is 4.94. The van der Waals surface area contributed by atoms with Gasteiger partial charge in [0.2, 0.25) is 0 Å². The minimum absolute atomic E-state index is 0. The molecule has 20 heavy (non-hydrogen) atoms. The van der Waals surface area contributed by atoms with Gasteiger partial charge in [-0.25, -0.2) is 0 Å². The van der Waals surface area contributed by atoms with Crippen LogP contribution >= 0.6 is 39.9 Å². The van der Waals surface area contributed by atoms with Crippen LogP contribution in [0.3, 0.4) is 0 Å². The minimum Gasteiger partial charge on any atom is -0.356 e. The smallest absolute Gasteiger partial charge is 0.190 e. The Labute approximate surface area is 147 Å². The Bertz CT molecular complexity index is 433. The first-order valence-electron chi connectivity index (χ1n) is 6.97. The zero-order valence-electron chi connectivity index (χ0n) is 11.9. The second-order valence-corrected chi connectivity index (χ2v) is 5.97. The van der Waals surface area contributed by atoms with Gasteiger partial charge in [0.05, 0.1) is 0 Å². The van der Waals surface area contributed by atoms with E-state index in [9.17, 15) is 0 Å². The number of aliphatic imine (C=N–C) groups is 1. The predicted molar refractivity (Wildman–Crippen MR) is 100.0 cm³/mol. The van der Waals surface area contributed by atoms with Gasteiger partial charge in [0.15, 0.2) is 5.96 Å². The molecule has 5 heteroatoms. The molecule has 1 aliphatic carbocycles. The SMILES string of the molecule is CN=C(NCCCc1cccc(Br)c1)NCC1CC1.I. The van der Waals surface area contributed by atoms with Crippen LogP contribution in [0.4, 0.5) is 0 Å². The molecule has 0 saturated heterocycles. The topological polar surface area (TPSA) is 36.4 Å². The van der Waals surface area contributed by atoms with Crippen LogP contribution in [-0.4, -0.2) is 26.1 Å². The molecule has 1 aliphatic rings. The highest BCUT2D eigenvalue weighted by molar-refractivity contribution is 14.0. The summed E-state index contributed by atoms with van der Waals surface area (Å²) in [5.41, 5.74) is 1.37. The van der Waals surface area contributed by atoms with Gasteiger partial charge in [-0.1, -0.05) is 28.1 Å². The number of hydrogen-bond donors (Lipinski definition) is 2. The van der Waals surface area contributed by atoms with Crippen molar-refractivity contribution in [1.29, 1.82) is 0 Å². The van der Waals surface area contributed by atoms with Gasteiger partial charge in [-0.15, -0.1) is 24.0 Å². The predicted octanol–water partition coefficient (Wildman–Crippen LogP) is 3.57. The summed E-state index contributed by atoms with van der Waals surface area (Å²) in [5, 5.41) is 6.74. The molecule has 2 rings (SSSR count). The van der Waals surface area contributed by atoms with Crippen molar-refractivity contribution in [3.05, 3.63) is 34.3 Å². The zero-order valence-corrected chi connectivity index (χ0v) is 15.8. The van der Waals surface area contributed by atoms with Gasteiger partial charge in [0, 0.05) is 24.6 Å². The van der Waals surface area contributed by atoms with Crippen LogP contribution in [0, 0.1) is 5.92 Å². The van der Waals surface area contributed by atoms with Gasteiger partial charge < -0.3 is 10.6 Å². The van der Waals surface area contributed by atoms with Crippen LogP contribution in [-0.2, 0) is 6.42 Å². The maximum absolute atomic E-state index is 4.23. The summed E-state index contributed by atoms with van der Waals surface area (Å²) < 4.78 is 1.15. The van der Waals surface area contributed by atoms with E-state index in [0.29, 0.717) is 0 Å². The van der Waals surface area contributed by atoms with Crippen LogP contribution in [0.1, 0.15) is 24.8 Å². The minimum atomic E-state index is 0. The number of nitrogens with one attached hydrogen (secondary N) is 2. The third-order valence-electron chi connectivity index (χ3n) is 3.30. The summed E-state index contributed by atoms with van der Waals surface area (Å²) in [6, 6.07) is 8.50. The fourth-order valence-corrected chi connectivity index (χ4v) is 2.42. The Morgan fingerprint density at radius 2 is 2.15 bits per heavy atom. The molecular weight excluding hydrogens is 429 g/mol. The van der Waals surface area contributed by atoms with Crippen LogP contribution in [0.25, 0.3) is 0 Å². The maximum Gasteiger partial charge on any atom is 0.190 e. The number of benzene rings is 1. The highest BCUT2D eigenvalue weighted by atomic mass is 127. The first-order valence-corrected chi connectivity index (χ1v) is 7.76. The Hall–Kier alpha value is -0.300. The molecule has 0 heterocycles. The highest BCUT2D eigenvalue weighted by Crippen LogP contribution is 2.27. The van der Waals surface area contributed by atoms with Crippen molar-refractivity contribution < 1.29 is 0 Å². The highest BCUT2D eigenvalue weighted by Gasteiger charge is 2.20. The summed E-state index contributed by atoms with van der Waals surface area (Å²) in [7, 11) is 1.83. The molecule has 0 bridgehead atoms. The van der Waals surface area contributed by atoms with E-state index in [2.05, 4.69) is 55.8 Å². The van der Waals surface area contributed by atoms with Gasteiger partial charge >= 0.3 is 0 Å². The van der Waals surface area contributed by atoms with E-state index < -0.39 is 0 Å². The largest absolute Gasteiger partial charge is 0.356 e.